The number of esters is 1. The van der Waals surface area contributed by atoms with Crippen molar-refractivity contribution in [2.75, 3.05) is 20.3 Å². The summed E-state index contributed by atoms with van der Waals surface area (Å²) in [6.07, 6.45) is -0.378. The first-order valence-corrected chi connectivity index (χ1v) is 4.47. The largest absolute Gasteiger partial charge is 0.468 e. The van der Waals surface area contributed by atoms with Crippen LogP contribution in [0.25, 0.3) is 0 Å². The van der Waals surface area contributed by atoms with Gasteiger partial charge < -0.3 is 19.0 Å². The summed E-state index contributed by atoms with van der Waals surface area (Å²) in [5.74, 6) is -1.66. The van der Waals surface area contributed by atoms with Gasteiger partial charge in [-0.2, -0.15) is 0 Å². The zero-order valence-electron chi connectivity index (χ0n) is 8.69. The molecule has 0 bridgehead atoms. The first kappa shape index (κ1) is 13.1. The fourth-order valence-electron chi connectivity index (χ4n) is 0.951. The Labute approximate surface area is 83.3 Å². The van der Waals surface area contributed by atoms with Gasteiger partial charge in [0.2, 0.25) is 0 Å². The molecule has 82 valence electrons. The van der Waals surface area contributed by atoms with Gasteiger partial charge in [0.05, 0.1) is 7.11 Å². The van der Waals surface area contributed by atoms with Crippen LogP contribution in [0.4, 0.5) is 0 Å². The molecule has 14 heavy (non-hydrogen) atoms. The van der Waals surface area contributed by atoms with Crippen LogP contribution < -0.4 is 0 Å². The van der Waals surface area contributed by atoms with Crippen LogP contribution in [0.3, 0.4) is 0 Å². The number of carbonyl (C=O) groups is 2. The number of hydrogen-bond donors (Lipinski definition) is 0. The molecule has 0 fully saturated rings. The summed E-state index contributed by atoms with van der Waals surface area (Å²) in [5, 5.41) is 0. The summed E-state index contributed by atoms with van der Waals surface area (Å²) in [6.45, 7) is 4.24. The number of hydrogen-bond acceptors (Lipinski definition) is 5. The lowest BCUT2D eigenvalue weighted by Gasteiger charge is -2.20. The van der Waals surface area contributed by atoms with Crippen LogP contribution in [0.1, 0.15) is 13.8 Å². The van der Waals surface area contributed by atoms with E-state index in [9.17, 15) is 9.59 Å². The van der Waals surface area contributed by atoms with Gasteiger partial charge in [0.15, 0.2) is 12.2 Å². The quantitative estimate of drug-likeness (QED) is 0.259. The number of methoxy groups -OCH3 is 1. The number of ether oxygens (including phenoxy) is 3. The zero-order valence-corrected chi connectivity index (χ0v) is 8.69. The van der Waals surface area contributed by atoms with Crippen LogP contribution >= 0.6 is 0 Å². The fraction of sp³-hybridized carbons (Fsp3) is 0.778. The molecule has 0 aromatic rings. The Morgan fingerprint density at radius 2 is 1.79 bits per heavy atom. The van der Waals surface area contributed by atoms with Crippen LogP contribution in [-0.4, -0.2) is 38.9 Å². The lowest BCUT2D eigenvalue weighted by atomic mass is 10.1. The van der Waals surface area contributed by atoms with Crippen molar-refractivity contribution in [2.45, 2.75) is 20.1 Å². The summed E-state index contributed by atoms with van der Waals surface area (Å²) in [7, 11) is 1.22. The fourth-order valence-corrected chi connectivity index (χ4v) is 0.951. The Morgan fingerprint density at radius 3 is 2.07 bits per heavy atom. The van der Waals surface area contributed by atoms with E-state index < -0.39 is 18.2 Å². The summed E-state index contributed by atoms with van der Waals surface area (Å²) >= 11 is 0. The van der Waals surface area contributed by atoms with Gasteiger partial charge in [-0.15, -0.1) is 0 Å². The smallest absolute Gasteiger partial charge is 0.321 e. The Morgan fingerprint density at radius 1 is 1.29 bits per heavy atom. The second-order valence-electron chi connectivity index (χ2n) is 2.46. The molecule has 0 radical (unpaired) electrons. The monoisotopic (exact) mass is 204 g/mol. The van der Waals surface area contributed by atoms with Crippen LogP contribution in [-0.2, 0) is 23.8 Å². The summed E-state index contributed by atoms with van der Waals surface area (Å²) < 4.78 is 14.7. The lowest BCUT2D eigenvalue weighted by Crippen LogP contribution is -2.35. The molecule has 0 heterocycles. The highest BCUT2D eigenvalue weighted by atomic mass is 16.7. The molecule has 0 aromatic carbocycles. The van der Waals surface area contributed by atoms with Crippen molar-refractivity contribution in [3.8, 4) is 0 Å². The van der Waals surface area contributed by atoms with E-state index in [0.717, 1.165) is 0 Å². The van der Waals surface area contributed by atoms with Gasteiger partial charge in [-0.05, 0) is 13.8 Å². The van der Waals surface area contributed by atoms with E-state index in [1.165, 1.54) is 7.11 Å². The molecular weight excluding hydrogens is 188 g/mol. The molecule has 0 aliphatic rings. The molecule has 0 saturated carbocycles. The predicted octanol–water partition coefficient (Wildman–Crippen LogP) is 0.374. The Hall–Kier alpha value is -0.940. The SMILES string of the molecule is CCOC(OCC)C(C=O)C(=O)OC. The van der Waals surface area contributed by atoms with Crippen molar-refractivity contribution in [1.29, 1.82) is 0 Å². The number of carbonyl (C=O) groups excluding carboxylic acids is 2. The first-order valence-electron chi connectivity index (χ1n) is 4.47. The topological polar surface area (TPSA) is 61.8 Å². The molecule has 0 aromatic heterocycles. The normalized spacial score (nSPS) is 12.6. The van der Waals surface area contributed by atoms with Gasteiger partial charge in [0, 0.05) is 13.2 Å². The first-order chi connectivity index (χ1) is 6.71. The van der Waals surface area contributed by atoms with Gasteiger partial charge in [0.1, 0.15) is 6.29 Å². The molecule has 0 aliphatic carbocycles. The third-order valence-corrected chi connectivity index (χ3v) is 1.58. The maximum Gasteiger partial charge on any atom is 0.321 e. The van der Waals surface area contributed by atoms with E-state index in [-0.39, 0.29) is 0 Å². The van der Waals surface area contributed by atoms with Crippen molar-refractivity contribution < 1.29 is 23.8 Å². The third kappa shape index (κ3) is 3.85. The second-order valence-corrected chi connectivity index (χ2v) is 2.46. The molecule has 0 N–H and O–H groups in total. The lowest BCUT2D eigenvalue weighted by molar-refractivity contribution is -0.185. The van der Waals surface area contributed by atoms with Crippen LogP contribution in [0.2, 0.25) is 0 Å². The summed E-state index contributed by atoms with van der Waals surface area (Å²) in [4.78, 5) is 21.8. The van der Waals surface area contributed by atoms with E-state index in [2.05, 4.69) is 4.74 Å². The molecule has 5 nitrogen and oxygen atoms in total. The zero-order chi connectivity index (χ0) is 11.0. The van der Waals surface area contributed by atoms with Crippen molar-refractivity contribution >= 4 is 12.3 Å². The minimum absolute atomic E-state index is 0.367. The van der Waals surface area contributed by atoms with Gasteiger partial charge in [-0.25, -0.2) is 0 Å². The van der Waals surface area contributed by atoms with E-state index >= 15 is 0 Å². The maximum absolute atomic E-state index is 11.1. The molecule has 1 atom stereocenters. The van der Waals surface area contributed by atoms with Gasteiger partial charge in [0.25, 0.3) is 0 Å². The van der Waals surface area contributed by atoms with Crippen molar-refractivity contribution in [3.63, 3.8) is 0 Å². The molecule has 1 unspecified atom stereocenters. The van der Waals surface area contributed by atoms with E-state index in [1.807, 2.05) is 0 Å². The van der Waals surface area contributed by atoms with Gasteiger partial charge in [-0.3, -0.25) is 4.79 Å². The highest BCUT2D eigenvalue weighted by Crippen LogP contribution is 2.09. The average Bonchev–Trinajstić information content (AvgIpc) is 2.19. The molecule has 0 saturated heterocycles. The van der Waals surface area contributed by atoms with E-state index in [1.54, 1.807) is 13.8 Å². The molecule has 0 rings (SSSR count). The van der Waals surface area contributed by atoms with Gasteiger partial charge >= 0.3 is 5.97 Å². The van der Waals surface area contributed by atoms with E-state index in [0.29, 0.717) is 19.5 Å². The van der Waals surface area contributed by atoms with Crippen molar-refractivity contribution in [3.05, 3.63) is 0 Å². The van der Waals surface area contributed by atoms with Gasteiger partial charge in [-0.1, -0.05) is 0 Å². The second kappa shape index (κ2) is 7.46. The summed E-state index contributed by atoms with van der Waals surface area (Å²) in [5.41, 5.74) is 0. The maximum atomic E-state index is 11.1. The minimum atomic E-state index is -1.01. The number of rotatable bonds is 7. The van der Waals surface area contributed by atoms with Crippen molar-refractivity contribution in [1.82, 2.24) is 0 Å². The van der Waals surface area contributed by atoms with E-state index in [4.69, 9.17) is 9.47 Å². The molecular formula is C9H16O5. The Kier molecular flexibility index (Phi) is 6.96. The summed E-state index contributed by atoms with van der Waals surface area (Å²) in [6, 6.07) is 0. The Bertz CT molecular complexity index is 174. The third-order valence-electron chi connectivity index (χ3n) is 1.58. The highest BCUT2D eigenvalue weighted by molar-refractivity contribution is 5.88. The van der Waals surface area contributed by atoms with Crippen LogP contribution in [0.15, 0.2) is 0 Å². The molecule has 5 heteroatoms. The Balaban J connectivity index is 4.39. The highest BCUT2D eigenvalue weighted by Gasteiger charge is 2.29. The standard InChI is InChI=1S/C9H16O5/c1-4-13-9(14-5-2)7(6-10)8(11)12-3/h6-7,9H,4-5H2,1-3H3. The molecule has 0 spiro atoms. The molecule has 0 aliphatic heterocycles. The van der Waals surface area contributed by atoms with Crippen LogP contribution in [0.5, 0.6) is 0 Å². The predicted molar refractivity (Wildman–Crippen MR) is 48.6 cm³/mol. The average molecular weight is 204 g/mol. The number of aldehydes is 1. The van der Waals surface area contributed by atoms with Crippen molar-refractivity contribution in [2.24, 2.45) is 5.92 Å². The molecule has 0 amide bonds. The minimum Gasteiger partial charge on any atom is -0.468 e. The van der Waals surface area contributed by atoms with Crippen LogP contribution in [0, 0.1) is 5.92 Å².